The number of rotatable bonds is 3. The van der Waals surface area contributed by atoms with Crippen LogP contribution in [0.2, 0.25) is 0 Å². The van der Waals surface area contributed by atoms with E-state index in [1.807, 2.05) is 63.4 Å². The zero-order chi connectivity index (χ0) is 22.0. The van der Waals surface area contributed by atoms with Crippen molar-refractivity contribution >= 4 is 17.0 Å². The van der Waals surface area contributed by atoms with Crippen molar-refractivity contribution in [2.75, 3.05) is 13.1 Å². The van der Waals surface area contributed by atoms with Gasteiger partial charge in [-0.05, 0) is 63.2 Å². The highest BCUT2D eigenvalue weighted by molar-refractivity contribution is 5.88. The van der Waals surface area contributed by atoms with Crippen LogP contribution in [-0.2, 0) is 4.74 Å². The number of likely N-dealkylation sites (tertiary alicyclic amines) is 1. The van der Waals surface area contributed by atoms with Crippen LogP contribution in [-0.4, -0.2) is 40.4 Å². The molecule has 1 saturated heterocycles. The third kappa shape index (κ3) is 4.66. The van der Waals surface area contributed by atoms with E-state index in [9.17, 15) is 4.79 Å². The maximum absolute atomic E-state index is 12.3. The van der Waals surface area contributed by atoms with Crippen molar-refractivity contribution in [1.29, 1.82) is 5.26 Å². The third-order valence-electron chi connectivity index (χ3n) is 5.35. The van der Waals surface area contributed by atoms with E-state index >= 15 is 0 Å². The molecule has 0 radical (unpaired) electrons. The summed E-state index contributed by atoms with van der Waals surface area (Å²) in [5.41, 5.74) is 2.20. The lowest BCUT2D eigenvalue weighted by atomic mass is 10.1. The molecule has 0 aliphatic carbocycles. The number of ether oxygens (including phenoxy) is 2. The van der Waals surface area contributed by atoms with E-state index in [1.165, 1.54) is 0 Å². The minimum absolute atomic E-state index is 0.0579. The zero-order valence-electron chi connectivity index (χ0n) is 18.2. The lowest BCUT2D eigenvalue weighted by Crippen LogP contribution is -2.44. The van der Waals surface area contributed by atoms with E-state index in [0.717, 1.165) is 35.2 Å². The summed E-state index contributed by atoms with van der Waals surface area (Å²) >= 11 is 0. The molecule has 0 bridgehead atoms. The van der Waals surface area contributed by atoms with Gasteiger partial charge in [-0.3, -0.25) is 0 Å². The fourth-order valence-corrected chi connectivity index (χ4v) is 3.83. The number of benzene rings is 2. The molecule has 0 unspecified atom stereocenters. The zero-order valence-corrected chi connectivity index (χ0v) is 18.2. The van der Waals surface area contributed by atoms with Crippen LogP contribution in [0.1, 0.15) is 39.2 Å². The van der Waals surface area contributed by atoms with Gasteiger partial charge in [0.25, 0.3) is 0 Å². The molecule has 2 aromatic carbocycles. The smallest absolute Gasteiger partial charge is 0.410 e. The Bertz CT molecular complexity index is 1110. The number of nitrogens with zero attached hydrogens (tertiary/aromatic N) is 3. The first-order valence-electron chi connectivity index (χ1n) is 10.6. The summed E-state index contributed by atoms with van der Waals surface area (Å²) in [5.74, 6) is 0.848. The molecule has 6 heteroatoms. The summed E-state index contributed by atoms with van der Waals surface area (Å²) in [6.07, 6.45) is 3.36. The molecule has 6 nitrogen and oxygen atoms in total. The van der Waals surface area contributed by atoms with Crippen molar-refractivity contribution in [2.24, 2.45) is 0 Å². The summed E-state index contributed by atoms with van der Waals surface area (Å²) in [6, 6.07) is 17.8. The minimum atomic E-state index is -0.484. The molecule has 0 N–H and O–H groups in total. The lowest BCUT2D eigenvalue weighted by Gasteiger charge is -2.33. The molecule has 4 rings (SSSR count). The Kier molecular flexibility index (Phi) is 5.60. The van der Waals surface area contributed by atoms with E-state index in [1.54, 1.807) is 4.90 Å². The minimum Gasteiger partial charge on any atom is -0.490 e. The molecule has 0 saturated carbocycles. The van der Waals surface area contributed by atoms with Gasteiger partial charge >= 0.3 is 6.09 Å². The van der Waals surface area contributed by atoms with Crippen LogP contribution in [0.15, 0.2) is 54.7 Å². The second kappa shape index (κ2) is 8.35. The normalized spacial score (nSPS) is 15.0. The van der Waals surface area contributed by atoms with Crippen LogP contribution in [0.5, 0.6) is 5.75 Å². The van der Waals surface area contributed by atoms with E-state index in [-0.39, 0.29) is 12.2 Å². The number of carbonyl (C=O) groups excluding carboxylic acids is 1. The molecule has 160 valence electrons. The molecule has 1 aliphatic heterocycles. The average Bonchev–Trinajstić information content (AvgIpc) is 3.18. The second-order valence-electron chi connectivity index (χ2n) is 8.82. The fraction of sp³-hybridized carbons (Fsp3) is 0.360. The van der Waals surface area contributed by atoms with Gasteiger partial charge in [0, 0.05) is 43.2 Å². The van der Waals surface area contributed by atoms with Crippen molar-refractivity contribution in [3.05, 3.63) is 60.3 Å². The third-order valence-corrected chi connectivity index (χ3v) is 5.35. The monoisotopic (exact) mass is 417 g/mol. The van der Waals surface area contributed by atoms with Crippen LogP contribution in [0.3, 0.4) is 0 Å². The Morgan fingerprint density at radius 2 is 1.77 bits per heavy atom. The van der Waals surface area contributed by atoms with Gasteiger partial charge in [-0.1, -0.05) is 6.07 Å². The maximum atomic E-state index is 12.3. The van der Waals surface area contributed by atoms with Gasteiger partial charge in [0.05, 0.1) is 17.1 Å². The highest BCUT2D eigenvalue weighted by atomic mass is 16.6. The van der Waals surface area contributed by atoms with Crippen molar-refractivity contribution in [2.45, 2.75) is 45.3 Å². The van der Waals surface area contributed by atoms with Gasteiger partial charge in [0.2, 0.25) is 0 Å². The van der Waals surface area contributed by atoms with E-state index in [4.69, 9.17) is 14.7 Å². The number of piperidine rings is 1. The first-order chi connectivity index (χ1) is 14.8. The molecule has 0 atom stereocenters. The number of carbonyl (C=O) groups is 1. The van der Waals surface area contributed by atoms with E-state index < -0.39 is 5.60 Å². The van der Waals surface area contributed by atoms with Gasteiger partial charge < -0.3 is 18.9 Å². The number of amides is 1. The van der Waals surface area contributed by atoms with Crippen molar-refractivity contribution in [3.63, 3.8) is 0 Å². The SMILES string of the molecule is CC(C)(C)OC(=O)N1CCC(Oc2cccc3c2ccn3-c2ccc(C#N)cc2)CC1. The molecule has 1 amide bonds. The first-order valence-corrected chi connectivity index (χ1v) is 10.6. The Labute approximate surface area is 182 Å². The van der Waals surface area contributed by atoms with Crippen LogP contribution in [0, 0.1) is 11.3 Å². The highest BCUT2D eigenvalue weighted by Crippen LogP contribution is 2.31. The first kappa shape index (κ1) is 20.8. The number of nitriles is 1. The fourth-order valence-electron chi connectivity index (χ4n) is 3.83. The van der Waals surface area contributed by atoms with Crippen molar-refractivity contribution < 1.29 is 14.3 Å². The number of hydrogen-bond acceptors (Lipinski definition) is 4. The van der Waals surface area contributed by atoms with Crippen LogP contribution < -0.4 is 4.74 Å². The molecular formula is C25H27N3O3. The molecule has 3 aromatic rings. The van der Waals surface area contributed by atoms with Gasteiger partial charge in [-0.25, -0.2) is 4.79 Å². The Morgan fingerprint density at radius 3 is 2.42 bits per heavy atom. The van der Waals surface area contributed by atoms with Crippen LogP contribution in [0.25, 0.3) is 16.6 Å². The molecule has 2 heterocycles. The van der Waals surface area contributed by atoms with E-state index in [2.05, 4.69) is 22.8 Å². The molecule has 1 fully saturated rings. The van der Waals surface area contributed by atoms with Gasteiger partial charge in [-0.15, -0.1) is 0 Å². The number of fused-ring (bicyclic) bond motifs is 1. The summed E-state index contributed by atoms with van der Waals surface area (Å²) in [4.78, 5) is 14.0. The van der Waals surface area contributed by atoms with E-state index in [0.29, 0.717) is 18.7 Å². The molecular weight excluding hydrogens is 390 g/mol. The number of aromatic nitrogens is 1. The van der Waals surface area contributed by atoms with Crippen LogP contribution >= 0.6 is 0 Å². The van der Waals surface area contributed by atoms with Crippen LogP contribution in [0.4, 0.5) is 4.79 Å². The predicted octanol–water partition coefficient (Wildman–Crippen LogP) is 5.28. The Balaban J connectivity index is 1.46. The summed E-state index contributed by atoms with van der Waals surface area (Å²) in [5, 5.41) is 10.1. The van der Waals surface area contributed by atoms with Crippen molar-refractivity contribution in [3.8, 4) is 17.5 Å². The Hall–Kier alpha value is -3.46. The summed E-state index contributed by atoms with van der Waals surface area (Å²) in [6.45, 7) is 6.89. The maximum Gasteiger partial charge on any atom is 0.410 e. The van der Waals surface area contributed by atoms with Gasteiger partial charge in [-0.2, -0.15) is 5.26 Å². The largest absolute Gasteiger partial charge is 0.490 e. The summed E-state index contributed by atoms with van der Waals surface area (Å²) < 4.78 is 13.9. The van der Waals surface area contributed by atoms with Gasteiger partial charge in [0.1, 0.15) is 17.5 Å². The molecule has 0 spiro atoms. The predicted molar refractivity (Wildman–Crippen MR) is 119 cm³/mol. The average molecular weight is 418 g/mol. The molecule has 1 aliphatic rings. The van der Waals surface area contributed by atoms with Crippen molar-refractivity contribution in [1.82, 2.24) is 9.47 Å². The standard InChI is InChI=1S/C25H27N3O3/c1-25(2,3)31-24(29)27-14-11-20(12-15-27)30-23-6-4-5-22-21(23)13-16-28(22)19-9-7-18(17-26)8-10-19/h4-10,13,16,20H,11-12,14-15H2,1-3H3. The summed E-state index contributed by atoms with van der Waals surface area (Å²) in [7, 11) is 0. The molecule has 31 heavy (non-hydrogen) atoms. The molecule has 1 aromatic heterocycles. The van der Waals surface area contributed by atoms with Gasteiger partial charge in [0.15, 0.2) is 0 Å². The second-order valence-corrected chi connectivity index (χ2v) is 8.82. The Morgan fingerprint density at radius 1 is 1.06 bits per heavy atom. The highest BCUT2D eigenvalue weighted by Gasteiger charge is 2.28. The quantitative estimate of drug-likeness (QED) is 0.581. The topological polar surface area (TPSA) is 67.5 Å². The number of hydrogen-bond donors (Lipinski definition) is 0. The lowest BCUT2D eigenvalue weighted by molar-refractivity contribution is 0.0128.